The van der Waals surface area contributed by atoms with Crippen LogP contribution in [0.1, 0.15) is 73.8 Å². The molecule has 9 nitrogen and oxygen atoms in total. The summed E-state index contributed by atoms with van der Waals surface area (Å²) in [5.74, 6) is 1.70. The Kier molecular flexibility index (Phi) is 19.2. The molecule has 0 saturated carbocycles. The van der Waals surface area contributed by atoms with Crippen LogP contribution < -0.4 is 10.6 Å². The van der Waals surface area contributed by atoms with Crippen LogP contribution in [0.25, 0.3) is 0 Å². The number of hydrogen-bond donors (Lipinski definition) is 2. The normalized spacial score (nSPS) is 15.6. The summed E-state index contributed by atoms with van der Waals surface area (Å²) >= 11 is 0. The van der Waals surface area contributed by atoms with Gasteiger partial charge in [0.05, 0.1) is 6.10 Å². The van der Waals surface area contributed by atoms with E-state index >= 15 is 0 Å². The fraction of sp³-hybridized carbons (Fsp3) is 0.656. The number of hydrogen-bond acceptors (Lipinski definition) is 6. The van der Waals surface area contributed by atoms with Crippen molar-refractivity contribution in [3.63, 3.8) is 0 Å². The Balaban J connectivity index is 0.00000382. The van der Waals surface area contributed by atoms with E-state index in [4.69, 9.17) is 15.9 Å². The molecule has 1 saturated heterocycles. The van der Waals surface area contributed by atoms with Crippen LogP contribution in [0, 0.1) is 12.3 Å². The van der Waals surface area contributed by atoms with E-state index in [9.17, 15) is 14.4 Å². The lowest BCUT2D eigenvalue weighted by atomic mass is 10.1. The Morgan fingerprint density at radius 2 is 1.78 bits per heavy atom. The van der Waals surface area contributed by atoms with Crippen LogP contribution in [0.2, 0.25) is 0 Å². The van der Waals surface area contributed by atoms with Gasteiger partial charge in [-0.1, -0.05) is 63.9 Å². The molecule has 232 valence electrons. The molecule has 0 bridgehead atoms. The molecule has 3 amide bonds. The molecule has 9 heteroatoms. The zero-order valence-corrected chi connectivity index (χ0v) is 26.8. The maximum atomic E-state index is 13.6. The molecule has 2 rings (SSSR count). The molecule has 1 aliphatic heterocycles. The first kappa shape index (κ1) is 37.9. The lowest BCUT2D eigenvalue weighted by Gasteiger charge is -2.32. The Morgan fingerprint density at radius 3 is 2.37 bits per heavy atom. The molecule has 1 aliphatic rings. The number of nitrogens with one attached hydrogen (secondary N) is 2. The molecular weight excluding hydrogens is 520 g/mol. The van der Waals surface area contributed by atoms with Crippen molar-refractivity contribution >= 4 is 17.9 Å². The van der Waals surface area contributed by atoms with E-state index in [1.807, 2.05) is 50.8 Å². The summed E-state index contributed by atoms with van der Waals surface area (Å²) in [6, 6.07) is 9.32. The van der Waals surface area contributed by atoms with Gasteiger partial charge in [0.2, 0.25) is 11.8 Å². The van der Waals surface area contributed by atoms with E-state index in [0.29, 0.717) is 13.1 Å². The Bertz CT molecular complexity index is 926. The van der Waals surface area contributed by atoms with Gasteiger partial charge in [0, 0.05) is 26.2 Å². The number of amides is 3. The predicted molar refractivity (Wildman–Crippen MR) is 165 cm³/mol. The zero-order chi connectivity index (χ0) is 31.4. The van der Waals surface area contributed by atoms with Gasteiger partial charge in [-0.15, -0.1) is 6.42 Å². The molecule has 0 aromatic heterocycles. The fourth-order valence-electron chi connectivity index (χ4n) is 4.16. The largest absolute Gasteiger partial charge is 0.444 e. The van der Waals surface area contributed by atoms with Gasteiger partial charge in [0.25, 0.3) is 0 Å². The smallest absolute Gasteiger partial charge is 0.410 e. The highest BCUT2D eigenvalue weighted by Crippen LogP contribution is 2.19. The highest BCUT2D eigenvalue weighted by molar-refractivity contribution is 5.90. The van der Waals surface area contributed by atoms with Gasteiger partial charge >= 0.3 is 6.09 Å². The van der Waals surface area contributed by atoms with Gasteiger partial charge in [-0.2, -0.15) is 0 Å². The van der Waals surface area contributed by atoms with Crippen LogP contribution >= 0.6 is 0 Å². The van der Waals surface area contributed by atoms with E-state index in [1.54, 1.807) is 27.7 Å². The molecule has 3 unspecified atom stereocenters. The third kappa shape index (κ3) is 14.9. The number of benzene rings is 1. The van der Waals surface area contributed by atoms with Crippen molar-refractivity contribution in [2.24, 2.45) is 0 Å². The van der Waals surface area contributed by atoms with E-state index in [-0.39, 0.29) is 25.1 Å². The second kappa shape index (κ2) is 20.7. The minimum Gasteiger partial charge on any atom is -0.444 e. The average molecular weight is 575 g/mol. The highest BCUT2D eigenvalue weighted by atomic mass is 16.6. The third-order valence-corrected chi connectivity index (χ3v) is 6.04. The van der Waals surface area contributed by atoms with Crippen molar-refractivity contribution < 1.29 is 23.9 Å². The van der Waals surface area contributed by atoms with E-state index in [2.05, 4.69) is 28.7 Å². The molecule has 1 aromatic rings. The molecule has 0 aliphatic carbocycles. The molecule has 41 heavy (non-hydrogen) atoms. The first-order valence-electron chi connectivity index (χ1n) is 14.9. The zero-order valence-electron chi connectivity index (χ0n) is 26.8. The summed E-state index contributed by atoms with van der Waals surface area (Å²) in [6.45, 7) is 16.8. The summed E-state index contributed by atoms with van der Waals surface area (Å²) < 4.78 is 10.9. The van der Waals surface area contributed by atoms with Crippen molar-refractivity contribution in [2.45, 2.75) is 98.4 Å². The lowest BCUT2D eigenvalue weighted by molar-refractivity contribution is -0.141. The number of carbonyl (C=O) groups excluding carboxylic acids is 3. The minimum atomic E-state index is -0.933. The molecule has 2 N–H and O–H groups in total. The molecule has 1 heterocycles. The van der Waals surface area contributed by atoms with E-state index in [1.165, 1.54) is 17.5 Å². The second-order valence-corrected chi connectivity index (χ2v) is 10.4. The maximum absolute atomic E-state index is 13.6. The van der Waals surface area contributed by atoms with Crippen LogP contribution in [0.15, 0.2) is 30.3 Å². The maximum Gasteiger partial charge on any atom is 0.410 e. The standard InChI is InChI=1S/C28H42N4O5.2C2H6/c1-7-18-36-21(2)25(30-24(33)20-31(6)27(35)37-28(3,4)5)26(34)32-17-11-14-23(32)19-29-16-15-22-12-9-8-10-13-22;2*1-2/h1,8-10,12-13,21,23,25,29H,11,14-20H2,2-6H3,(H,30,33);2*1-2H3. The number of ether oxygens (including phenoxy) is 2. The van der Waals surface area contributed by atoms with Crippen molar-refractivity contribution in [3.05, 3.63) is 35.9 Å². The van der Waals surface area contributed by atoms with E-state index in [0.717, 1.165) is 25.8 Å². The van der Waals surface area contributed by atoms with Gasteiger partial charge in [-0.05, 0) is 59.1 Å². The Morgan fingerprint density at radius 1 is 1.15 bits per heavy atom. The van der Waals surface area contributed by atoms with Crippen molar-refractivity contribution in [1.29, 1.82) is 0 Å². The number of carbonyl (C=O) groups is 3. The van der Waals surface area contributed by atoms with Gasteiger partial charge in [-0.25, -0.2) is 4.79 Å². The monoisotopic (exact) mass is 574 g/mol. The van der Waals surface area contributed by atoms with Gasteiger partial charge in [0.15, 0.2) is 0 Å². The number of terminal acetylenes is 1. The topological polar surface area (TPSA) is 100 Å². The number of likely N-dealkylation sites (tertiary alicyclic amines) is 1. The summed E-state index contributed by atoms with van der Waals surface area (Å²) in [5, 5.41) is 6.23. The van der Waals surface area contributed by atoms with E-state index < -0.39 is 29.7 Å². The van der Waals surface area contributed by atoms with Crippen molar-refractivity contribution in [1.82, 2.24) is 20.4 Å². The summed E-state index contributed by atoms with van der Waals surface area (Å²) in [5.41, 5.74) is 0.575. The number of likely N-dealkylation sites (N-methyl/N-ethyl adjacent to an activating group) is 1. The second-order valence-electron chi connectivity index (χ2n) is 10.4. The van der Waals surface area contributed by atoms with Crippen LogP contribution in [-0.4, -0.2) is 91.3 Å². The Labute approximate surface area is 248 Å². The van der Waals surface area contributed by atoms with Crippen molar-refractivity contribution in [3.8, 4) is 12.3 Å². The van der Waals surface area contributed by atoms with Crippen LogP contribution in [-0.2, 0) is 25.5 Å². The lowest BCUT2D eigenvalue weighted by Crippen LogP contribution is -2.57. The molecule has 1 fully saturated rings. The van der Waals surface area contributed by atoms with Crippen molar-refractivity contribution in [2.75, 3.05) is 39.8 Å². The van der Waals surface area contributed by atoms with Gasteiger partial charge in [0.1, 0.15) is 24.8 Å². The Hall–Kier alpha value is -3.09. The predicted octanol–water partition coefficient (Wildman–Crippen LogP) is 4.25. The highest BCUT2D eigenvalue weighted by Gasteiger charge is 2.37. The van der Waals surface area contributed by atoms with Gasteiger partial charge in [-0.3, -0.25) is 9.59 Å². The SMILES string of the molecule is C#CCOC(C)C(NC(=O)CN(C)C(=O)OC(C)(C)C)C(=O)N1CCCC1CNCCc1ccccc1.CC.CC. The van der Waals surface area contributed by atoms with Crippen LogP contribution in [0.3, 0.4) is 0 Å². The van der Waals surface area contributed by atoms with Gasteiger partial charge < -0.3 is 29.9 Å². The molecule has 0 radical (unpaired) electrons. The van der Waals surface area contributed by atoms with Crippen LogP contribution in [0.5, 0.6) is 0 Å². The molecule has 1 aromatic carbocycles. The quantitative estimate of drug-likeness (QED) is 0.286. The molecule has 3 atom stereocenters. The van der Waals surface area contributed by atoms with Crippen LogP contribution in [0.4, 0.5) is 4.79 Å². The summed E-state index contributed by atoms with van der Waals surface area (Å²) in [6.07, 6.45) is 6.74. The summed E-state index contributed by atoms with van der Waals surface area (Å²) in [4.78, 5) is 41.7. The first-order valence-corrected chi connectivity index (χ1v) is 14.9. The third-order valence-electron chi connectivity index (χ3n) is 6.04. The number of nitrogens with zero attached hydrogens (tertiary/aromatic N) is 2. The first-order chi connectivity index (χ1) is 19.5. The fourth-order valence-corrected chi connectivity index (χ4v) is 4.16. The molecular formula is C32H54N4O5. The number of rotatable bonds is 12. The average Bonchev–Trinajstić information content (AvgIpc) is 3.42. The minimum absolute atomic E-state index is 0.0170. The summed E-state index contributed by atoms with van der Waals surface area (Å²) in [7, 11) is 1.47. The molecule has 0 spiro atoms.